The van der Waals surface area contributed by atoms with E-state index in [1.54, 1.807) is 0 Å². The van der Waals surface area contributed by atoms with Crippen LogP contribution in [0.5, 0.6) is 0 Å². The first-order chi connectivity index (χ1) is 16.0. The lowest BCUT2D eigenvalue weighted by atomic mass is 10.0. The van der Waals surface area contributed by atoms with Crippen molar-refractivity contribution in [1.82, 2.24) is 10.6 Å². The van der Waals surface area contributed by atoms with E-state index in [0.717, 1.165) is 19.5 Å². The van der Waals surface area contributed by atoms with E-state index >= 15 is 0 Å². The molecule has 0 aromatic heterocycles. The second kappa shape index (κ2) is 23.0. The summed E-state index contributed by atoms with van der Waals surface area (Å²) < 4.78 is 0. The third kappa shape index (κ3) is 18.3. The van der Waals surface area contributed by atoms with Crippen LogP contribution in [0.2, 0.25) is 0 Å². The average molecular weight is 477 g/mol. The molecule has 0 aromatic carbocycles. The van der Waals surface area contributed by atoms with Gasteiger partial charge in [-0.05, 0) is 25.9 Å². The molecule has 0 fully saturated rings. The fraction of sp³-hybridized carbons (Fsp3) is 0.960. The normalized spacial score (nSPS) is 15.2. The van der Waals surface area contributed by atoms with Crippen LogP contribution in [0.25, 0.3) is 0 Å². The first kappa shape index (κ1) is 32.2. The number of hydrogen-bond acceptors (Lipinski definition) is 7. The van der Waals surface area contributed by atoms with E-state index in [9.17, 15) is 25.2 Å². The van der Waals surface area contributed by atoms with Crippen molar-refractivity contribution >= 4 is 5.91 Å². The molecule has 33 heavy (non-hydrogen) atoms. The Labute approximate surface area is 201 Å². The molecule has 0 heterocycles. The molecule has 4 atom stereocenters. The van der Waals surface area contributed by atoms with Gasteiger partial charge < -0.3 is 36.2 Å². The highest BCUT2D eigenvalue weighted by atomic mass is 16.4. The van der Waals surface area contributed by atoms with Gasteiger partial charge in [0.15, 0.2) is 6.10 Å². The van der Waals surface area contributed by atoms with E-state index < -0.39 is 36.9 Å². The molecule has 8 nitrogen and oxygen atoms in total. The van der Waals surface area contributed by atoms with Crippen LogP contribution in [0.1, 0.15) is 103 Å². The van der Waals surface area contributed by atoms with Crippen LogP contribution < -0.4 is 10.6 Å². The first-order valence-electron chi connectivity index (χ1n) is 13.3. The molecule has 0 aliphatic rings. The number of carbonyl (C=O) groups excluding carboxylic acids is 1. The molecule has 1 amide bonds. The maximum absolute atomic E-state index is 11.8. The maximum Gasteiger partial charge on any atom is 0.251 e. The van der Waals surface area contributed by atoms with Crippen molar-refractivity contribution in [3.05, 3.63) is 0 Å². The van der Waals surface area contributed by atoms with Crippen molar-refractivity contribution in [2.45, 2.75) is 128 Å². The Morgan fingerprint density at radius 2 is 1.09 bits per heavy atom. The molecule has 0 unspecified atom stereocenters. The van der Waals surface area contributed by atoms with Crippen LogP contribution in [0.15, 0.2) is 0 Å². The molecule has 0 radical (unpaired) electrons. The number of carbonyl (C=O) groups is 1. The van der Waals surface area contributed by atoms with Gasteiger partial charge in [-0.25, -0.2) is 0 Å². The van der Waals surface area contributed by atoms with Crippen molar-refractivity contribution in [3.8, 4) is 0 Å². The highest BCUT2D eigenvalue weighted by Gasteiger charge is 2.33. The Hall–Kier alpha value is -0.770. The molecule has 0 saturated carbocycles. The van der Waals surface area contributed by atoms with Crippen LogP contribution >= 0.6 is 0 Å². The summed E-state index contributed by atoms with van der Waals surface area (Å²) in [6, 6.07) is 0. The molecular weight excluding hydrogens is 424 g/mol. The Kier molecular flexibility index (Phi) is 22.5. The first-order valence-corrected chi connectivity index (χ1v) is 13.3. The molecule has 0 rings (SSSR count). The summed E-state index contributed by atoms with van der Waals surface area (Å²) in [5, 5.41) is 52.7. The van der Waals surface area contributed by atoms with Crippen molar-refractivity contribution in [3.63, 3.8) is 0 Å². The molecule has 0 aliphatic heterocycles. The van der Waals surface area contributed by atoms with E-state index in [1.165, 1.54) is 83.5 Å². The lowest BCUT2D eigenvalue weighted by molar-refractivity contribution is -0.148. The maximum atomic E-state index is 11.8. The van der Waals surface area contributed by atoms with Crippen LogP contribution in [0, 0.1) is 0 Å². The molecule has 0 spiro atoms. The van der Waals surface area contributed by atoms with E-state index in [-0.39, 0.29) is 0 Å². The predicted molar refractivity (Wildman–Crippen MR) is 132 cm³/mol. The van der Waals surface area contributed by atoms with Gasteiger partial charge in [0, 0.05) is 6.54 Å². The molecule has 0 aromatic rings. The van der Waals surface area contributed by atoms with Crippen LogP contribution in [0.4, 0.5) is 0 Å². The predicted octanol–water partition coefficient (Wildman–Crippen LogP) is 2.00. The van der Waals surface area contributed by atoms with Gasteiger partial charge in [-0.15, -0.1) is 0 Å². The minimum absolute atomic E-state index is 0.326. The fourth-order valence-corrected chi connectivity index (χ4v) is 3.78. The van der Waals surface area contributed by atoms with E-state index in [1.807, 2.05) is 0 Å². The van der Waals surface area contributed by atoms with Crippen LogP contribution in [-0.2, 0) is 4.79 Å². The molecule has 0 bridgehead atoms. The highest BCUT2D eigenvalue weighted by molar-refractivity contribution is 5.81. The number of rotatable bonds is 24. The molecule has 198 valence electrons. The summed E-state index contributed by atoms with van der Waals surface area (Å²) in [6.45, 7) is 3.49. The molecule has 7 N–H and O–H groups in total. The summed E-state index contributed by atoms with van der Waals surface area (Å²) in [5.41, 5.74) is 0. The zero-order valence-corrected chi connectivity index (χ0v) is 20.9. The van der Waals surface area contributed by atoms with Crippen LogP contribution in [0.3, 0.4) is 0 Å². The van der Waals surface area contributed by atoms with E-state index in [2.05, 4.69) is 17.6 Å². The Bertz CT molecular complexity index is 441. The quantitative estimate of drug-likeness (QED) is 0.106. The second-order valence-electron chi connectivity index (χ2n) is 9.17. The van der Waals surface area contributed by atoms with Crippen molar-refractivity contribution < 1.29 is 30.3 Å². The lowest BCUT2D eigenvalue weighted by Crippen LogP contribution is -2.51. The van der Waals surface area contributed by atoms with Crippen LogP contribution in [-0.4, -0.2) is 82.1 Å². The highest BCUT2D eigenvalue weighted by Crippen LogP contribution is 2.12. The Morgan fingerprint density at radius 3 is 1.58 bits per heavy atom. The number of aliphatic hydroxyl groups excluding tert-OH is 5. The number of unbranched alkanes of at least 4 members (excludes halogenated alkanes) is 13. The molecule has 0 aliphatic carbocycles. The Morgan fingerprint density at radius 1 is 0.636 bits per heavy atom. The lowest BCUT2D eigenvalue weighted by Gasteiger charge is -2.24. The second-order valence-corrected chi connectivity index (χ2v) is 9.17. The molecule has 0 saturated heterocycles. The van der Waals surface area contributed by atoms with Gasteiger partial charge in [-0.2, -0.15) is 0 Å². The number of aliphatic hydroxyl groups is 5. The molecule has 8 heteroatoms. The van der Waals surface area contributed by atoms with Gasteiger partial charge in [0.25, 0.3) is 5.91 Å². The Balaban J connectivity index is 3.40. The smallest absolute Gasteiger partial charge is 0.251 e. The molecular formula is C25H52N2O6. The van der Waals surface area contributed by atoms with Gasteiger partial charge >= 0.3 is 0 Å². The minimum Gasteiger partial charge on any atom is -0.394 e. The standard InChI is InChI=1S/C25H52N2O6/c1-2-3-4-5-6-7-8-9-10-11-12-13-14-15-17-26-18-16-19-27-25(33)24(32)23(31)22(30)21(29)20-28/h21-24,26,28-32H,2-20H2,1H3,(H,27,33)/t21-,22-,23+,24-/m1/s1. The van der Waals surface area contributed by atoms with Gasteiger partial charge in [-0.1, -0.05) is 90.4 Å². The third-order valence-electron chi connectivity index (χ3n) is 6.06. The van der Waals surface area contributed by atoms with Gasteiger partial charge in [0.1, 0.15) is 18.3 Å². The van der Waals surface area contributed by atoms with Crippen molar-refractivity contribution in [1.29, 1.82) is 0 Å². The van der Waals surface area contributed by atoms with Crippen molar-refractivity contribution in [2.24, 2.45) is 0 Å². The largest absolute Gasteiger partial charge is 0.394 e. The third-order valence-corrected chi connectivity index (χ3v) is 6.06. The number of nitrogens with one attached hydrogen (secondary N) is 2. The number of amides is 1. The van der Waals surface area contributed by atoms with Gasteiger partial charge in [0.2, 0.25) is 0 Å². The summed E-state index contributed by atoms with van der Waals surface area (Å²) in [5.74, 6) is -0.821. The minimum atomic E-state index is -1.87. The summed E-state index contributed by atoms with van der Waals surface area (Å²) in [6.07, 6.45) is 12.3. The summed E-state index contributed by atoms with van der Waals surface area (Å²) >= 11 is 0. The summed E-state index contributed by atoms with van der Waals surface area (Å²) in [7, 11) is 0. The van der Waals surface area contributed by atoms with Gasteiger partial charge in [0.05, 0.1) is 6.61 Å². The average Bonchev–Trinajstić information content (AvgIpc) is 2.83. The topological polar surface area (TPSA) is 142 Å². The SMILES string of the molecule is CCCCCCCCCCCCCCCCNCCCNC(=O)[C@H](O)[C@@H](O)[C@H](O)[C@H](O)CO. The zero-order valence-electron chi connectivity index (χ0n) is 20.9. The number of hydrogen-bond donors (Lipinski definition) is 7. The van der Waals surface area contributed by atoms with E-state index in [0.29, 0.717) is 13.0 Å². The fourth-order valence-electron chi connectivity index (χ4n) is 3.78. The van der Waals surface area contributed by atoms with Gasteiger partial charge in [-0.3, -0.25) is 4.79 Å². The summed E-state index contributed by atoms with van der Waals surface area (Å²) in [4.78, 5) is 11.8. The van der Waals surface area contributed by atoms with E-state index in [4.69, 9.17) is 5.11 Å². The van der Waals surface area contributed by atoms with Crippen molar-refractivity contribution in [2.75, 3.05) is 26.2 Å². The monoisotopic (exact) mass is 476 g/mol. The zero-order chi connectivity index (χ0) is 24.7.